The lowest BCUT2D eigenvalue weighted by Gasteiger charge is -2.25. The summed E-state index contributed by atoms with van der Waals surface area (Å²) in [5, 5.41) is 36.9. The molecule has 0 saturated carbocycles. The Morgan fingerprint density at radius 1 is 1.50 bits per heavy atom. The highest BCUT2D eigenvalue weighted by molar-refractivity contribution is 8.00. The zero-order chi connectivity index (χ0) is 14.8. The van der Waals surface area contributed by atoms with Gasteiger partial charge in [0.25, 0.3) is 0 Å². The summed E-state index contributed by atoms with van der Waals surface area (Å²) in [6, 6.07) is 8.81. The number of benzene rings is 1. The number of hydrogen-bond donors (Lipinski definition) is 3. The minimum absolute atomic E-state index is 0.104. The average Bonchev–Trinajstić information content (AvgIpc) is 2.78. The van der Waals surface area contributed by atoms with Crippen molar-refractivity contribution in [2.24, 2.45) is 0 Å². The van der Waals surface area contributed by atoms with E-state index in [0.717, 1.165) is 9.80 Å². The van der Waals surface area contributed by atoms with Gasteiger partial charge in [0, 0.05) is 11.4 Å². The lowest BCUT2D eigenvalue weighted by molar-refractivity contribution is -0.000718. The maximum Gasteiger partial charge on any atom is 0.407 e. The van der Waals surface area contributed by atoms with Crippen LogP contribution in [0.25, 0.3) is 0 Å². The first-order chi connectivity index (χ1) is 9.48. The van der Waals surface area contributed by atoms with Gasteiger partial charge >= 0.3 is 6.09 Å². The van der Waals surface area contributed by atoms with Crippen LogP contribution in [0.4, 0.5) is 4.79 Å². The summed E-state index contributed by atoms with van der Waals surface area (Å²) >= 11 is 1.30. The first-order valence-electron chi connectivity index (χ1n) is 5.96. The Morgan fingerprint density at radius 2 is 2.15 bits per heavy atom. The fraction of sp³-hybridized carbons (Fsp3) is 0.385. The molecule has 0 aromatic heterocycles. The first-order valence-corrected chi connectivity index (χ1v) is 6.84. The molecule has 2 rings (SSSR count). The Labute approximate surface area is 120 Å². The van der Waals surface area contributed by atoms with Crippen LogP contribution in [0.1, 0.15) is 5.56 Å². The van der Waals surface area contributed by atoms with Crippen LogP contribution in [0.15, 0.2) is 29.2 Å². The van der Waals surface area contributed by atoms with Gasteiger partial charge in [0.15, 0.2) is 0 Å². The Balaban J connectivity index is 2.14. The Bertz CT molecular complexity index is 542. The van der Waals surface area contributed by atoms with Gasteiger partial charge in [-0.25, -0.2) is 4.79 Å². The highest BCUT2D eigenvalue weighted by Gasteiger charge is 2.47. The number of thioether (sulfide) groups is 1. The Morgan fingerprint density at radius 3 is 2.65 bits per heavy atom. The van der Waals surface area contributed by atoms with Gasteiger partial charge < -0.3 is 20.2 Å². The molecule has 0 bridgehead atoms. The van der Waals surface area contributed by atoms with Crippen molar-refractivity contribution in [3.05, 3.63) is 29.8 Å². The van der Waals surface area contributed by atoms with Gasteiger partial charge in [0.05, 0.1) is 30.0 Å². The van der Waals surface area contributed by atoms with Crippen LogP contribution in [0, 0.1) is 11.3 Å². The number of nitriles is 1. The van der Waals surface area contributed by atoms with Crippen molar-refractivity contribution in [1.82, 2.24) is 4.90 Å². The fourth-order valence-corrected chi connectivity index (χ4v) is 3.33. The van der Waals surface area contributed by atoms with Crippen LogP contribution in [0.3, 0.4) is 0 Å². The molecule has 7 heteroatoms. The number of aliphatic hydroxyl groups excluding tert-OH is 1. The molecule has 106 valence electrons. The molecule has 0 spiro atoms. The smallest absolute Gasteiger partial charge is 0.407 e. The molecule has 1 saturated heterocycles. The molecular formula is C13H14N2O4S. The Kier molecular flexibility index (Phi) is 4.18. The number of aliphatic hydroxyl groups is 2. The quantitative estimate of drug-likeness (QED) is 0.759. The number of rotatable bonds is 3. The number of amides is 1. The molecule has 3 N–H and O–H groups in total. The lowest BCUT2D eigenvalue weighted by Crippen LogP contribution is -2.44. The van der Waals surface area contributed by atoms with Gasteiger partial charge in [-0.15, -0.1) is 11.8 Å². The number of β-amino-alcohol motifs (C(OH)–C–C–N with tert-alkyl or cyclic N) is 1. The predicted octanol–water partition coefficient (Wildman–Crippen LogP) is 0.736. The molecule has 1 aromatic rings. The van der Waals surface area contributed by atoms with Crippen LogP contribution in [-0.2, 0) is 0 Å². The van der Waals surface area contributed by atoms with Crippen molar-refractivity contribution in [3.63, 3.8) is 0 Å². The molecule has 1 aromatic carbocycles. The molecule has 2 atom stereocenters. The number of carbonyl (C=O) groups is 1. The maximum absolute atomic E-state index is 11.0. The van der Waals surface area contributed by atoms with E-state index >= 15 is 0 Å². The van der Waals surface area contributed by atoms with Crippen LogP contribution < -0.4 is 0 Å². The van der Waals surface area contributed by atoms with Gasteiger partial charge in [0.2, 0.25) is 0 Å². The van der Waals surface area contributed by atoms with Crippen LogP contribution in [0.2, 0.25) is 0 Å². The molecule has 6 nitrogen and oxygen atoms in total. The van der Waals surface area contributed by atoms with Crippen molar-refractivity contribution in [1.29, 1.82) is 5.26 Å². The minimum atomic E-state index is -1.45. The van der Waals surface area contributed by atoms with Crippen molar-refractivity contribution in [2.45, 2.75) is 15.7 Å². The van der Waals surface area contributed by atoms with Crippen molar-refractivity contribution >= 4 is 17.9 Å². The standard InChI is InChI=1S/C13H14N2O4S/c14-5-9-1-3-10(4-2-9)20-11-6-15(12(17)18)7-13(11,19)8-16/h1-4,11,16,19H,6-8H2,(H,17,18). The zero-order valence-corrected chi connectivity index (χ0v) is 11.4. The molecule has 1 aliphatic heterocycles. The van der Waals surface area contributed by atoms with Gasteiger partial charge in [-0.05, 0) is 24.3 Å². The fourth-order valence-electron chi connectivity index (χ4n) is 2.08. The van der Waals surface area contributed by atoms with Crippen molar-refractivity contribution in [3.8, 4) is 6.07 Å². The average molecular weight is 294 g/mol. The third kappa shape index (κ3) is 2.88. The van der Waals surface area contributed by atoms with E-state index in [0.29, 0.717) is 5.56 Å². The molecular weight excluding hydrogens is 280 g/mol. The van der Waals surface area contributed by atoms with E-state index in [9.17, 15) is 15.0 Å². The third-order valence-corrected chi connectivity index (χ3v) is 4.67. The summed E-state index contributed by atoms with van der Waals surface area (Å²) in [7, 11) is 0. The number of nitrogens with zero attached hydrogens (tertiary/aromatic N) is 2. The third-order valence-electron chi connectivity index (χ3n) is 3.26. The molecule has 0 aliphatic carbocycles. The van der Waals surface area contributed by atoms with Crippen LogP contribution >= 0.6 is 11.8 Å². The zero-order valence-electron chi connectivity index (χ0n) is 10.6. The molecule has 20 heavy (non-hydrogen) atoms. The predicted molar refractivity (Wildman–Crippen MR) is 72.4 cm³/mol. The number of hydrogen-bond acceptors (Lipinski definition) is 5. The molecule has 1 aliphatic rings. The summed E-state index contributed by atoms with van der Waals surface area (Å²) in [5.41, 5.74) is -0.915. The SMILES string of the molecule is N#Cc1ccc(SC2CN(C(=O)O)CC2(O)CO)cc1. The van der Waals surface area contributed by atoms with E-state index in [2.05, 4.69) is 0 Å². The molecule has 0 radical (unpaired) electrons. The molecule has 1 fully saturated rings. The van der Waals surface area contributed by atoms with E-state index < -0.39 is 23.6 Å². The van der Waals surface area contributed by atoms with Crippen molar-refractivity contribution in [2.75, 3.05) is 19.7 Å². The summed E-state index contributed by atoms with van der Waals surface area (Å²) in [4.78, 5) is 12.9. The van der Waals surface area contributed by atoms with E-state index in [1.165, 1.54) is 11.8 Å². The largest absolute Gasteiger partial charge is 0.465 e. The maximum atomic E-state index is 11.0. The van der Waals surface area contributed by atoms with Gasteiger partial charge in [-0.1, -0.05) is 0 Å². The van der Waals surface area contributed by atoms with Gasteiger partial charge in [-0.3, -0.25) is 0 Å². The summed E-state index contributed by atoms with van der Waals surface area (Å²) in [6.45, 7) is -0.450. The second-order valence-electron chi connectivity index (χ2n) is 4.67. The number of carboxylic acid groups (broad SMARTS) is 1. The molecule has 2 unspecified atom stereocenters. The lowest BCUT2D eigenvalue weighted by atomic mass is 10.1. The Hall–Kier alpha value is -1.75. The molecule has 1 amide bonds. The van der Waals surface area contributed by atoms with Crippen LogP contribution in [0.5, 0.6) is 0 Å². The summed E-state index contributed by atoms with van der Waals surface area (Å²) < 4.78 is 0. The highest BCUT2D eigenvalue weighted by atomic mass is 32.2. The van der Waals surface area contributed by atoms with E-state index in [1.54, 1.807) is 24.3 Å². The van der Waals surface area contributed by atoms with Gasteiger partial charge in [0.1, 0.15) is 5.60 Å². The van der Waals surface area contributed by atoms with Crippen LogP contribution in [-0.4, -0.2) is 56.9 Å². The second-order valence-corrected chi connectivity index (χ2v) is 5.94. The van der Waals surface area contributed by atoms with E-state index in [-0.39, 0.29) is 13.1 Å². The number of likely N-dealkylation sites (tertiary alicyclic amines) is 1. The highest BCUT2D eigenvalue weighted by Crippen LogP contribution is 2.36. The monoisotopic (exact) mass is 294 g/mol. The molecule has 1 heterocycles. The normalized spacial score (nSPS) is 25.4. The van der Waals surface area contributed by atoms with E-state index in [1.807, 2.05) is 6.07 Å². The topological polar surface area (TPSA) is 105 Å². The second kappa shape index (κ2) is 5.71. The summed E-state index contributed by atoms with van der Waals surface area (Å²) in [6.07, 6.45) is -1.11. The minimum Gasteiger partial charge on any atom is -0.465 e. The van der Waals surface area contributed by atoms with E-state index in [4.69, 9.17) is 10.4 Å². The van der Waals surface area contributed by atoms with Crippen molar-refractivity contribution < 1.29 is 20.1 Å². The van der Waals surface area contributed by atoms with Gasteiger partial charge in [-0.2, -0.15) is 5.26 Å². The first kappa shape index (κ1) is 14.7. The summed E-state index contributed by atoms with van der Waals surface area (Å²) in [5.74, 6) is 0.